The maximum atomic E-state index is 3.63. The van der Waals surface area contributed by atoms with E-state index in [4.69, 9.17) is 0 Å². The number of allylic oxidation sites excluding steroid dienone is 2. The molecule has 0 aliphatic rings. The van der Waals surface area contributed by atoms with Gasteiger partial charge >= 0.3 is 0 Å². The van der Waals surface area contributed by atoms with Crippen molar-refractivity contribution in [2.24, 2.45) is 5.92 Å². The molecular weight excluding hydrogens is 360 g/mol. The molecule has 0 fully saturated rings. The zero-order chi connectivity index (χ0) is 22.0. The summed E-state index contributed by atoms with van der Waals surface area (Å²) >= 11 is 0. The fourth-order valence-corrected chi connectivity index (χ4v) is 4.39. The molecule has 0 saturated carbocycles. The van der Waals surface area contributed by atoms with Gasteiger partial charge in [-0.05, 0) is 31.3 Å². The van der Waals surface area contributed by atoms with Crippen LogP contribution in [0.1, 0.15) is 175 Å². The molecular formula is C30H59. The van der Waals surface area contributed by atoms with Crippen molar-refractivity contribution in [2.75, 3.05) is 0 Å². The molecule has 0 nitrogen and oxygen atoms in total. The Balaban J connectivity index is 3.21. The molecule has 0 aromatic heterocycles. The van der Waals surface area contributed by atoms with Gasteiger partial charge in [-0.3, -0.25) is 0 Å². The van der Waals surface area contributed by atoms with E-state index in [0.717, 1.165) is 0 Å². The summed E-state index contributed by atoms with van der Waals surface area (Å²) in [5, 5.41) is 0. The molecule has 1 unspecified atom stereocenters. The highest BCUT2D eigenvalue weighted by molar-refractivity contribution is 4.78. The van der Waals surface area contributed by atoms with Crippen molar-refractivity contribution < 1.29 is 0 Å². The van der Waals surface area contributed by atoms with Crippen molar-refractivity contribution in [1.82, 2.24) is 0 Å². The Labute approximate surface area is 193 Å². The first-order valence-electron chi connectivity index (χ1n) is 14.4. The molecule has 0 saturated heterocycles. The zero-order valence-electron chi connectivity index (χ0n) is 21.6. The molecule has 0 heterocycles. The van der Waals surface area contributed by atoms with Gasteiger partial charge in [-0.25, -0.2) is 0 Å². The summed E-state index contributed by atoms with van der Waals surface area (Å²) in [7, 11) is 0. The third-order valence-electron chi connectivity index (χ3n) is 6.60. The molecule has 0 amide bonds. The summed E-state index contributed by atoms with van der Waals surface area (Å²) in [6.07, 6.45) is 40.2. The molecule has 0 rings (SSSR count). The van der Waals surface area contributed by atoms with Crippen molar-refractivity contribution in [3.8, 4) is 0 Å². The van der Waals surface area contributed by atoms with Gasteiger partial charge in [0.2, 0.25) is 0 Å². The van der Waals surface area contributed by atoms with Crippen LogP contribution in [0.5, 0.6) is 0 Å². The molecule has 0 spiro atoms. The van der Waals surface area contributed by atoms with Gasteiger partial charge in [-0.15, -0.1) is 0 Å². The average molecular weight is 420 g/mol. The van der Waals surface area contributed by atoms with E-state index in [9.17, 15) is 0 Å². The van der Waals surface area contributed by atoms with Crippen molar-refractivity contribution >= 4 is 0 Å². The lowest BCUT2D eigenvalue weighted by atomic mass is 10.00. The predicted octanol–water partition coefficient (Wildman–Crippen LogP) is 11.4. The molecule has 0 heteroatoms. The minimum Gasteiger partial charge on any atom is -0.0808 e. The second kappa shape index (κ2) is 26.8. The van der Waals surface area contributed by atoms with Gasteiger partial charge in [-0.2, -0.15) is 0 Å². The maximum absolute atomic E-state index is 3.63. The monoisotopic (exact) mass is 419 g/mol. The van der Waals surface area contributed by atoms with Crippen molar-refractivity contribution in [3.63, 3.8) is 0 Å². The molecule has 0 aliphatic carbocycles. The van der Waals surface area contributed by atoms with E-state index in [2.05, 4.69) is 32.9 Å². The highest BCUT2D eigenvalue weighted by Crippen LogP contribution is 2.15. The first-order valence-corrected chi connectivity index (χ1v) is 14.4. The number of unbranched alkanes of at least 4 members (excludes halogenated alkanes) is 21. The number of hydrogen-bond acceptors (Lipinski definition) is 0. The van der Waals surface area contributed by atoms with E-state index in [1.807, 2.05) is 0 Å². The Morgan fingerprint density at radius 2 is 0.800 bits per heavy atom. The molecule has 0 aromatic carbocycles. The van der Waals surface area contributed by atoms with Crippen LogP contribution < -0.4 is 0 Å². The minimum atomic E-state index is 0.663. The first kappa shape index (κ1) is 29.7. The van der Waals surface area contributed by atoms with Gasteiger partial charge in [0.1, 0.15) is 0 Å². The zero-order valence-corrected chi connectivity index (χ0v) is 21.6. The van der Waals surface area contributed by atoms with Crippen molar-refractivity contribution in [3.05, 3.63) is 12.2 Å². The normalized spacial score (nSPS) is 12.8. The van der Waals surface area contributed by atoms with E-state index in [1.54, 1.807) is 0 Å². The van der Waals surface area contributed by atoms with Gasteiger partial charge in [0, 0.05) is 0 Å². The van der Waals surface area contributed by atoms with Gasteiger partial charge < -0.3 is 0 Å². The van der Waals surface area contributed by atoms with Crippen LogP contribution in [0.25, 0.3) is 0 Å². The van der Waals surface area contributed by atoms with Crippen LogP contribution in [0.4, 0.5) is 0 Å². The molecule has 0 aromatic rings. The van der Waals surface area contributed by atoms with Gasteiger partial charge in [-0.1, -0.05) is 162 Å². The lowest BCUT2D eigenvalue weighted by Gasteiger charge is -2.06. The van der Waals surface area contributed by atoms with E-state index in [0.29, 0.717) is 5.92 Å². The fourth-order valence-electron chi connectivity index (χ4n) is 4.39. The van der Waals surface area contributed by atoms with Crippen LogP contribution in [-0.4, -0.2) is 0 Å². The van der Waals surface area contributed by atoms with Crippen LogP contribution in [0.3, 0.4) is 0 Å². The average Bonchev–Trinajstić information content (AvgIpc) is 2.75. The first-order chi connectivity index (χ1) is 14.8. The second-order valence-electron chi connectivity index (χ2n) is 9.92. The predicted molar refractivity (Wildman–Crippen MR) is 139 cm³/mol. The summed E-state index contributed by atoms with van der Waals surface area (Å²) in [6, 6.07) is 0. The van der Waals surface area contributed by atoms with Crippen molar-refractivity contribution in [2.45, 2.75) is 175 Å². The van der Waals surface area contributed by atoms with E-state index >= 15 is 0 Å². The lowest BCUT2D eigenvalue weighted by Crippen LogP contribution is -1.91. The Hall–Kier alpha value is -0.260. The summed E-state index contributed by atoms with van der Waals surface area (Å²) in [5.74, 6) is 0.663. The summed E-state index contributed by atoms with van der Waals surface area (Å²) in [5.41, 5.74) is 0. The number of rotatable bonds is 25. The molecule has 0 bridgehead atoms. The lowest BCUT2D eigenvalue weighted by molar-refractivity contribution is 0.520. The Morgan fingerprint density at radius 1 is 0.467 bits per heavy atom. The van der Waals surface area contributed by atoms with Crippen LogP contribution >= 0.6 is 0 Å². The molecule has 30 heavy (non-hydrogen) atoms. The van der Waals surface area contributed by atoms with E-state index in [-0.39, 0.29) is 0 Å². The maximum Gasteiger partial charge on any atom is -0.0191 e. The highest BCUT2D eigenvalue weighted by Gasteiger charge is 1.98. The summed E-state index contributed by atoms with van der Waals surface area (Å²) in [4.78, 5) is 0. The summed E-state index contributed by atoms with van der Waals surface area (Å²) < 4.78 is 0. The van der Waals surface area contributed by atoms with Crippen LogP contribution in [0.2, 0.25) is 0 Å². The van der Waals surface area contributed by atoms with Crippen LogP contribution in [0, 0.1) is 12.0 Å². The quantitative estimate of drug-likeness (QED) is 0.129. The third-order valence-corrected chi connectivity index (χ3v) is 6.60. The fraction of sp³-hybridized carbons (Fsp3) is 0.933. The topological polar surface area (TPSA) is 0 Å². The molecule has 1 radical (unpaired) electrons. The Morgan fingerprint density at radius 3 is 1.20 bits per heavy atom. The van der Waals surface area contributed by atoms with Crippen LogP contribution in [0.15, 0.2) is 6.08 Å². The van der Waals surface area contributed by atoms with Gasteiger partial charge in [0.15, 0.2) is 0 Å². The Kier molecular flexibility index (Phi) is 26.5. The molecule has 0 aliphatic heterocycles. The standard InChI is InChI=1S/C30H59/c1-4-6-8-10-12-14-16-17-18-19-21-23-25-27-29-30(3)28-26-24-22-20-15-13-11-9-7-5-2/h27,30H,4-26,28H2,1-3H3. The third kappa shape index (κ3) is 25.8. The van der Waals surface area contributed by atoms with Gasteiger partial charge in [0.05, 0.1) is 0 Å². The highest BCUT2D eigenvalue weighted by atomic mass is 14.0. The van der Waals surface area contributed by atoms with E-state index in [1.165, 1.54) is 154 Å². The van der Waals surface area contributed by atoms with Gasteiger partial charge in [0.25, 0.3) is 0 Å². The summed E-state index contributed by atoms with van der Waals surface area (Å²) in [6.45, 7) is 6.95. The Bertz CT molecular complexity index is 316. The molecule has 0 N–H and O–H groups in total. The SMILES string of the molecule is CCCCCCCCCCCCCC/C=[C]/C(C)CCCCCCCCCCCC. The molecule has 179 valence electrons. The minimum absolute atomic E-state index is 0.663. The van der Waals surface area contributed by atoms with Crippen molar-refractivity contribution in [1.29, 1.82) is 0 Å². The smallest absolute Gasteiger partial charge is 0.0191 e. The van der Waals surface area contributed by atoms with Crippen LogP contribution in [-0.2, 0) is 0 Å². The number of hydrogen-bond donors (Lipinski definition) is 0. The molecule has 1 atom stereocenters. The largest absolute Gasteiger partial charge is 0.0808 e. The van der Waals surface area contributed by atoms with E-state index < -0.39 is 0 Å². The second-order valence-corrected chi connectivity index (χ2v) is 9.92.